The molecule has 1 aromatic carbocycles. The molecule has 0 radical (unpaired) electrons. The van der Waals surface area contributed by atoms with Gasteiger partial charge in [-0.05, 0) is 31.2 Å². The van der Waals surface area contributed by atoms with Crippen LogP contribution in [0.4, 0.5) is 0 Å². The Morgan fingerprint density at radius 2 is 1.94 bits per heavy atom. The summed E-state index contributed by atoms with van der Waals surface area (Å²) in [5, 5.41) is 5.42. The molecule has 0 spiro atoms. The molecule has 2 aliphatic rings. The van der Waals surface area contributed by atoms with Gasteiger partial charge in [-0.1, -0.05) is 23.2 Å². The van der Waals surface area contributed by atoms with Gasteiger partial charge < -0.3 is 9.80 Å². The molecule has 0 saturated heterocycles. The van der Waals surface area contributed by atoms with Gasteiger partial charge >= 0.3 is 0 Å². The third-order valence-corrected chi connectivity index (χ3v) is 6.67. The smallest absolute Gasteiger partial charge is 0.272 e. The molecule has 10 heteroatoms. The summed E-state index contributed by atoms with van der Waals surface area (Å²) in [6, 6.07) is 6.54. The first-order chi connectivity index (χ1) is 15.4. The molecule has 0 bridgehead atoms. The van der Waals surface area contributed by atoms with Crippen molar-refractivity contribution in [1.82, 2.24) is 29.5 Å². The van der Waals surface area contributed by atoms with Crippen molar-refractivity contribution < 1.29 is 9.59 Å². The SMILES string of the molecule is C[C@@H]1Cc2nn3c(c2CN1C(=O)c1ccc(Cl)c(Cl)c1)C(=O)N(Cc1ncccn1)CC3. The predicted octanol–water partition coefficient (Wildman–Crippen LogP) is 3.22. The van der Waals surface area contributed by atoms with Gasteiger partial charge in [-0.15, -0.1) is 0 Å². The zero-order valence-corrected chi connectivity index (χ0v) is 18.8. The molecular formula is C22H20Cl2N6O2. The second kappa shape index (κ2) is 8.18. The average Bonchev–Trinajstić information content (AvgIpc) is 3.15. The van der Waals surface area contributed by atoms with E-state index in [0.29, 0.717) is 59.7 Å². The van der Waals surface area contributed by atoms with E-state index >= 15 is 0 Å². The minimum atomic E-state index is -0.153. The van der Waals surface area contributed by atoms with E-state index in [1.165, 1.54) is 0 Å². The largest absolute Gasteiger partial charge is 0.331 e. The molecule has 8 nitrogen and oxygen atoms in total. The van der Waals surface area contributed by atoms with E-state index in [9.17, 15) is 9.59 Å². The van der Waals surface area contributed by atoms with Crippen LogP contribution in [-0.2, 0) is 26.1 Å². The first-order valence-corrected chi connectivity index (χ1v) is 11.1. The fourth-order valence-corrected chi connectivity index (χ4v) is 4.56. The molecule has 5 rings (SSSR count). The van der Waals surface area contributed by atoms with Crippen LogP contribution in [-0.4, -0.2) is 53.9 Å². The van der Waals surface area contributed by atoms with Gasteiger partial charge in [0.25, 0.3) is 11.8 Å². The zero-order valence-electron chi connectivity index (χ0n) is 17.3. The highest BCUT2D eigenvalue weighted by Gasteiger charge is 2.37. The van der Waals surface area contributed by atoms with E-state index in [1.54, 1.807) is 51.1 Å². The lowest BCUT2D eigenvalue weighted by atomic mass is 9.97. The zero-order chi connectivity index (χ0) is 22.4. The highest BCUT2D eigenvalue weighted by Crippen LogP contribution is 2.31. The van der Waals surface area contributed by atoms with E-state index in [-0.39, 0.29) is 17.9 Å². The molecule has 0 N–H and O–H groups in total. The van der Waals surface area contributed by atoms with Crippen molar-refractivity contribution in [2.75, 3.05) is 6.54 Å². The number of carbonyl (C=O) groups excluding carboxylic acids is 2. The van der Waals surface area contributed by atoms with Crippen LogP contribution < -0.4 is 0 Å². The molecule has 0 aliphatic carbocycles. The average molecular weight is 471 g/mol. The van der Waals surface area contributed by atoms with Gasteiger partial charge in [0.05, 0.1) is 35.4 Å². The van der Waals surface area contributed by atoms with Crippen LogP contribution >= 0.6 is 23.2 Å². The predicted molar refractivity (Wildman–Crippen MR) is 119 cm³/mol. The summed E-state index contributed by atoms with van der Waals surface area (Å²) in [6.07, 6.45) is 3.91. The van der Waals surface area contributed by atoms with Crippen LogP contribution in [0.5, 0.6) is 0 Å². The molecule has 0 saturated carbocycles. The highest BCUT2D eigenvalue weighted by atomic mass is 35.5. The number of fused-ring (bicyclic) bond motifs is 3. The Kier molecular flexibility index (Phi) is 5.35. The number of benzene rings is 1. The summed E-state index contributed by atoms with van der Waals surface area (Å²) in [7, 11) is 0. The van der Waals surface area contributed by atoms with Crippen molar-refractivity contribution in [3.63, 3.8) is 0 Å². The molecule has 1 atom stereocenters. The first kappa shape index (κ1) is 20.9. The van der Waals surface area contributed by atoms with Crippen LogP contribution in [0.2, 0.25) is 10.0 Å². The second-order valence-electron chi connectivity index (χ2n) is 8.00. The van der Waals surface area contributed by atoms with Crippen molar-refractivity contribution in [2.45, 2.75) is 39.0 Å². The number of nitrogens with zero attached hydrogens (tertiary/aromatic N) is 6. The molecule has 3 aromatic rings. The summed E-state index contributed by atoms with van der Waals surface area (Å²) in [5.41, 5.74) is 2.68. The molecule has 164 valence electrons. The van der Waals surface area contributed by atoms with Gasteiger partial charge in [0.2, 0.25) is 0 Å². The van der Waals surface area contributed by atoms with Crippen LogP contribution in [0.25, 0.3) is 0 Å². The van der Waals surface area contributed by atoms with Crippen LogP contribution in [0.3, 0.4) is 0 Å². The lowest BCUT2D eigenvalue weighted by Gasteiger charge is -2.34. The van der Waals surface area contributed by atoms with E-state index in [1.807, 2.05) is 6.92 Å². The quantitative estimate of drug-likeness (QED) is 0.586. The van der Waals surface area contributed by atoms with Crippen molar-refractivity contribution in [3.8, 4) is 0 Å². The number of halogens is 2. The Hall–Kier alpha value is -2.97. The Labute approximate surface area is 194 Å². The van der Waals surface area contributed by atoms with Gasteiger partial charge in [0, 0.05) is 42.5 Å². The molecule has 2 aliphatic heterocycles. The first-order valence-electron chi connectivity index (χ1n) is 10.3. The Bertz CT molecular complexity index is 1210. The Morgan fingerprint density at radius 1 is 1.16 bits per heavy atom. The van der Waals surface area contributed by atoms with Crippen molar-refractivity contribution in [1.29, 1.82) is 0 Å². The number of hydrogen-bond acceptors (Lipinski definition) is 5. The summed E-state index contributed by atoms with van der Waals surface area (Å²) < 4.78 is 1.77. The maximum atomic E-state index is 13.3. The summed E-state index contributed by atoms with van der Waals surface area (Å²) in [5.74, 6) is 0.320. The van der Waals surface area contributed by atoms with E-state index in [4.69, 9.17) is 23.2 Å². The van der Waals surface area contributed by atoms with Crippen LogP contribution in [0, 0.1) is 0 Å². The monoisotopic (exact) mass is 470 g/mol. The summed E-state index contributed by atoms with van der Waals surface area (Å²) in [6.45, 7) is 3.76. The van der Waals surface area contributed by atoms with Gasteiger partial charge in [-0.3, -0.25) is 14.3 Å². The maximum Gasteiger partial charge on any atom is 0.272 e. The summed E-state index contributed by atoms with van der Waals surface area (Å²) >= 11 is 12.1. The van der Waals surface area contributed by atoms with Crippen LogP contribution in [0.1, 0.15) is 44.9 Å². The molecule has 2 aromatic heterocycles. The Balaban J connectivity index is 1.43. The number of hydrogen-bond donors (Lipinski definition) is 0. The van der Waals surface area contributed by atoms with Crippen molar-refractivity contribution in [2.24, 2.45) is 0 Å². The maximum absolute atomic E-state index is 13.3. The number of rotatable bonds is 3. The van der Waals surface area contributed by atoms with Gasteiger partial charge in [0.15, 0.2) is 0 Å². The molecule has 4 heterocycles. The normalized spacial score (nSPS) is 17.8. The van der Waals surface area contributed by atoms with Crippen LogP contribution in [0.15, 0.2) is 36.7 Å². The molecule has 0 unspecified atom stereocenters. The van der Waals surface area contributed by atoms with Gasteiger partial charge in [-0.2, -0.15) is 5.10 Å². The molecule has 2 amide bonds. The fourth-order valence-electron chi connectivity index (χ4n) is 4.26. The van der Waals surface area contributed by atoms with Gasteiger partial charge in [0.1, 0.15) is 11.5 Å². The Morgan fingerprint density at radius 3 is 2.69 bits per heavy atom. The van der Waals surface area contributed by atoms with Crippen molar-refractivity contribution >= 4 is 35.0 Å². The van der Waals surface area contributed by atoms with E-state index < -0.39 is 0 Å². The standard InChI is InChI=1S/C22H20Cl2N6O2/c1-13-9-18-15(11-29(13)21(31)14-3-4-16(23)17(24)10-14)20-22(32)28(7-8-30(20)27-18)12-19-25-5-2-6-26-19/h2-6,10,13H,7-9,11-12H2,1H3/t13-/m1/s1. The molecular weight excluding hydrogens is 451 g/mol. The number of amides is 2. The molecule has 0 fully saturated rings. The van der Waals surface area contributed by atoms with E-state index in [2.05, 4.69) is 15.1 Å². The number of carbonyl (C=O) groups is 2. The van der Waals surface area contributed by atoms with Crippen molar-refractivity contribution in [3.05, 3.63) is 75.0 Å². The lowest BCUT2D eigenvalue weighted by Crippen LogP contribution is -2.44. The molecule has 32 heavy (non-hydrogen) atoms. The summed E-state index contributed by atoms with van der Waals surface area (Å²) in [4.78, 5) is 38.5. The minimum absolute atomic E-state index is 0.0645. The minimum Gasteiger partial charge on any atom is -0.331 e. The fraction of sp³-hybridized carbons (Fsp3) is 0.318. The number of aromatic nitrogens is 4. The second-order valence-corrected chi connectivity index (χ2v) is 8.82. The highest BCUT2D eigenvalue weighted by molar-refractivity contribution is 6.42. The third-order valence-electron chi connectivity index (χ3n) is 5.93. The lowest BCUT2D eigenvalue weighted by molar-refractivity contribution is 0.0635. The third kappa shape index (κ3) is 3.63. The van der Waals surface area contributed by atoms with Gasteiger partial charge in [-0.25, -0.2) is 9.97 Å². The van der Waals surface area contributed by atoms with E-state index in [0.717, 1.165) is 11.3 Å². The topological polar surface area (TPSA) is 84.2 Å².